The summed E-state index contributed by atoms with van der Waals surface area (Å²) < 4.78 is 5.35. The van der Waals surface area contributed by atoms with Crippen LogP contribution in [0.5, 0.6) is 0 Å². The third kappa shape index (κ3) is 3.10. The van der Waals surface area contributed by atoms with Crippen LogP contribution in [0.2, 0.25) is 0 Å². The molecule has 4 nitrogen and oxygen atoms in total. The fraction of sp³-hybridized carbons (Fsp3) is 0.200. The third-order valence-corrected chi connectivity index (χ3v) is 2.68. The highest BCUT2D eigenvalue weighted by Crippen LogP contribution is 2.24. The van der Waals surface area contributed by atoms with E-state index in [1.54, 1.807) is 12.1 Å². The van der Waals surface area contributed by atoms with E-state index in [9.17, 15) is 9.59 Å². The first kappa shape index (κ1) is 13.1. The first-order valence-electron chi connectivity index (χ1n) is 6.06. The number of hydrogen-bond donors (Lipinski definition) is 1. The summed E-state index contributed by atoms with van der Waals surface area (Å²) in [4.78, 5) is 22.2. The molecule has 1 heterocycles. The molecule has 1 aromatic heterocycles. The van der Waals surface area contributed by atoms with Crippen LogP contribution in [0, 0.1) is 5.92 Å². The predicted molar refractivity (Wildman–Crippen MR) is 73.0 cm³/mol. The van der Waals surface area contributed by atoms with Gasteiger partial charge >= 0.3 is 0 Å². The van der Waals surface area contributed by atoms with Crippen molar-refractivity contribution in [3.05, 3.63) is 42.2 Å². The summed E-state index contributed by atoms with van der Waals surface area (Å²) in [6, 6.07) is 10.7. The summed E-state index contributed by atoms with van der Waals surface area (Å²) in [6.07, 6.45) is 0.661. The number of nitrogens with one attached hydrogen (secondary N) is 1. The minimum atomic E-state index is -0.0751. The lowest BCUT2D eigenvalue weighted by Crippen LogP contribution is -2.17. The molecule has 1 N–H and O–H groups in total. The molecule has 0 atom stereocenters. The van der Waals surface area contributed by atoms with Gasteiger partial charge in [-0.3, -0.25) is 9.59 Å². The highest BCUT2D eigenvalue weighted by atomic mass is 16.3. The van der Waals surface area contributed by atoms with Gasteiger partial charge in [-0.1, -0.05) is 26.0 Å². The summed E-state index contributed by atoms with van der Waals surface area (Å²) in [5, 5.41) is 2.82. The van der Waals surface area contributed by atoms with Gasteiger partial charge in [-0.05, 0) is 24.3 Å². The van der Waals surface area contributed by atoms with Crippen molar-refractivity contribution in [3.63, 3.8) is 0 Å². The van der Waals surface area contributed by atoms with Gasteiger partial charge in [0.05, 0.1) is 0 Å². The van der Waals surface area contributed by atoms with Crippen LogP contribution in [0.4, 0.5) is 5.69 Å². The molecular weight excluding hydrogens is 242 g/mol. The number of rotatable bonds is 4. The summed E-state index contributed by atoms with van der Waals surface area (Å²) in [5.41, 5.74) is 1.52. The number of amides is 1. The maximum Gasteiger partial charge on any atom is 0.226 e. The Kier molecular flexibility index (Phi) is 3.80. The van der Waals surface area contributed by atoms with E-state index in [0.29, 0.717) is 17.7 Å². The SMILES string of the molecule is CC(C)C(=O)Nc1cccc(-c2ccc(C=O)o2)c1. The molecule has 2 aromatic rings. The van der Waals surface area contributed by atoms with Crippen molar-refractivity contribution in [2.75, 3.05) is 5.32 Å². The van der Waals surface area contributed by atoms with E-state index in [1.807, 2.05) is 38.1 Å². The molecule has 0 saturated carbocycles. The van der Waals surface area contributed by atoms with Crippen molar-refractivity contribution in [2.24, 2.45) is 5.92 Å². The molecule has 98 valence electrons. The van der Waals surface area contributed by atoms with Gasteiger partial charge in [0, 0.05) is 17.2 Å². The summed E-state index contributed by atoms with van der Waals surface area (Å²) >= 11 is 0. The average Bonchev–Trinajstić information content (AvgIpc) is 2.87. The van der Waals surface area contributed by atoms with Gasteiger partial charge in [0.25, 0.3) is 0 Å². The smallest absolute Gasteiger partial charge is 0.226 e. The molecule has 0 saturated heterocycles. The Labute approximate surface area is 111 Å². The molecule has 1 aromatic carbocycles. The van der Waals surface area contributed by atoms with Gasteiger partial charge < -0.3 is 9.73 Å². The first-order valence-corrected chi connectivity index (χ1v) is 6.06. The minimum Gasteiger partial charge on any atom is -0.453 e. The highest BCUT2D eigenvalue weighted by Gasteiger charge is 2.09. The molecule has 0 aliphatic rings. The highest BCUT2D eigenvalue weighted by molar-refractivity contribution is 5.92. The summed E-state index contributed by atoms with van der Waals surface area (Å²) in [5.74, 6) is 0.772. The Morgan fingerprint density at radius 1 is 1.26 bits per heavy atom. The van der Waals surface area contributed by atoms with Crippen molar-refractivity contribution in [2.45, 2.75) is 13.8 Å². The minimum absolute atomic E-state index is 0.0369. The largest absolute Gasteiger partial charge is 0.453 e. The van der Waals surface area contributed by atoms with Crippen molar-refractivity contribution >= 4 is 17.9 Å². The molecule has 0 spiro atoms. The second kappa shape index (κ2) is 5.52. The lowest BCUT2D eigenvalue weighted by molar-refractivity contribution is -0.118. The van der Waals surface area contributed by atoms with Gasteiger partial charge in [-0.25, -0.2) is 0 Å². The fourth-order valence-corrected chi connectivity index (χ4v) is 1.61. The molecule has 4 heteroatoms. The molecule has 0 bridgehead atoms. The summed E-state index contributed by atoms with van der Waals surface area (Å²) in [6.45, 7) is 3.67. The van der Waals surface area contributed by atoms with Crippen molar-refractivity contribution < 1.29 is 14.0 Å². The van der Waals surface area contributed by atoms with Crippen molar-refractivity contribution in [1.82, 2.24) is 0 Å². The Morgan fingerprint density at radius 2 is 2.05 bits per heavy atom. The van der Waals surface area contributed by atoms with E-state index in [1.165, 1.54) is 0 Å². The van der Waals surface area contributed by atoms with E-state index in [0.717, 1.165) is 5.56 Å². The Hall–Kier alpha value is -2.36. The van der Waals surface area contributed by atoms with Gasteiger partial charge in [-0.2, -0.15) is 0 Å². The van der Waals surface area contributed by atoms with Crippen LogP contribution in [0.3, 0.4) is 0 Å². The Bertz CT molecular complexity index is 599. The first-order chi connectivity index (χ1) is 9.10. The normalized spacial score (nSPS) is 10.5. The van der Waals surface area contributed by atoms with E-state index in [4.69, 9.17) is 4.42 Å². The number of anilines is 1. The number of hydrogen-bond acceptors (Lipinski definition) is 3. The maximum atomic E-state index is 11.6. The molecule has 0 aliphatic carbocycles. The molecule has 2 rings (SSSR count). The van der Waals surface area contributed by atoms with Crippen LogP contribution in [0.1, 0.15) is 24.4 Å². The second-order valence-electron chi connectivity index (χ2n) is 4.54. The lowest BCUT2D eigenvalue weighted by atomic mass is 10.1. The van der Waals surface area contributed by atoms with E-state index in [2.05, 4.69) is 5.32 Å². The zero-order chi connectivity index (χ0) is 13.8. The summed E-state index contributed by atoms with van der Waals surface area (Å²) in [7, 11) is 0. The van der Waals surface area contributed by atoms with Crippen molar-refractivity contribution in [1.29, 1.82) is 0 Å². The van der Waals surface area contributed by atoms with Gasteiger partial charge in [0.15, 0.2) is 12.0 Å². The number of furan rings is 1. The Balaban J connectivity index is 2.24. The van der Waals surface area contributed by atoms with Crippen LogP contribution in [-0.4, -0.2) is 12.2 Å². The van der Waals surface area contributed by atoms with Gasteiger partial charge in [-0.15, -0.1) is 0 Å². The van der Waals surface area contributed by atoms with Gasteiger partial charge in [0.2, 0.25) is 5.91 Å². The lowest BCUT2D eigenvalue weighted by Gasteiger charge is -2.08. The van der Waals surface area contributed by atoms with Crippen molar-refractivity contribution in [3.8, 4) is 11.3 Å². The molecular formula is C15H15NO3. The quantitative estimate of drug-likeness (QED) is 0.854. The molecule has 0 unspecified atom stereocenters. The molecule has 1 amide bonds. The van der Waals surface area contributed by atoms with E-state index in [-0.39, 0.29) is 17.6 Å². The number of aldehydes is 1. The monoisotopic (exact) mass is 257 g/mol. The molecule has 19 heavy (non-hydrogen) atoms. The number of carbonyl (C=O) groups excluding carboxylic acids is 2. The van der Waals surface area contributed by atoms with Crippen LogP contribution in [0.15, 0.2) is 40.8 Å². The fourth-order valence-electron chi connectivity index (χ4n) is 1.61. The van der Waals surface area contributed by atoms with Crippen LogP contribution >= 0.6 is 0 Å². The Morgan fingerprint density at radius 3 is 2.68 bits per heavy atom. The second-order valence-corrected chi connectivity index (χ2v) is 4.54. The van der Waals surface area contributed by atoms with Crippen LogP contribution < -0.4 is 5.32 Å². The number of carbonyl (C=O) groups is 2. The van der Waals surface area contributed by atoms with E-state index < -0.39 is 0 Å². The third-order valence-electron chi connectivity index (χ3n) is 2.68. The maximum absolute atomic E-state index is 11.6. The standard InChI is InChI=1S/C15H15NO3/c1-10(2)15(18)16-12-5-3-4-11(8-12)14-7-6-13(9-17)19-14/h3-10H,1-2H3,(H,16,18). The van der Waals surface area contributed by atoms with Gasteiger partial charge in [0.1, 0.15) is 5.76 Å². The molecule has 0 aliphatic heterocycles. The van der Waals surface area contributed by atoms with E-state index >= 15 is 0 Å². The predicted octanol–water partition coefficient (Wildman–Crippen LogP) is 3.35. The number of benzene rings is 1. The van der Waals surface area contributed by atoms with Crippen LogP contribution in [0.25, 0.3) is 11.3 Å². The molecule has 0 fully saturated rings. The molecule has 0 radical (unpaired) electrons. The zero-order valence-corrected chi connectivity index (χ0v) is 10.8. The van der Waals surface area contributed by atoms with Crippen LogP contribution in [-0.2, 0) is 4.79 Å². The zero-order valence-electron chi connectivity index (χ0n) is 10.8. The topological polar surface area (TPSA) is 59.3 Å². The average molecular weight is 257 g/mol.